The molecule has 1 nitrogen and oxygen atoms in total. The quantitative estimate of drug-likeness (QED) is 0.553. The first-order valence-electron chi connectivity index (χ1n) is 3.70. The maximum Gasteiger partial charge on any atom is 0.0627 e. The molecule has 0 unspecified atom stereocenters. The van der Waals surface area contributed by atoms with Gasteiger partial charge in [-0.1, -0.05) is 13.3 Å². The normalized spacial score (nSPS) is 22.2. The molecule has 0 aromatic rings. The van der Waals surface area contributed by atoms with Gasteiger partial charge in [-0.15, -0.1) is 0 Å². The van der Waals surface area contributed by atoms with Gasteiger partial charge in [0.1, 0.15) is 0 Å². The minimum absolute atomic E-state index is 0.453. The van der Waals surface area contributed by atoms with E-state index in [-0.39, 0.29) is 0 Å². The first-order chi connectivity index (χ1) is 4.33. The highest BCUT2D eigenvalue weighted by molar-refractivity contribution is 4.93. The molecule has 0 saturated heterocycles. The zero-order valence-electron chi connectivity index (χ0n) is 5.98. The number of rotatable bonds is 2. The lowest BCUT2D eigenvalue weighted by Gasteiger charge is -2.39. The summed E-state index contributed by atoms with van der Waals surface area (Å²) in [4.78, 5) is 0. The van der Waals surface area contributed by atoms with Gasteiger partial charge in [-0.3, -0.25) is 0 Å². The van der Waals surface area contributed by atoms with E-state index in [0.29, 0.717) is 5.41 Å². The van der Waals surface area contributed by atoms with Crippen molar-refractivity contribution in [3.05, 3.63) is 0 Å². The van der Waals surface area contributed by atoms with Crippen LogP contribution < -0.4 is 0 Å². The van der Waals surface area contributed by atoms with Crippen LogP contribution in [0.25, 0.3) is 0 Å². The molecular formula is C8H13N. The second-order valence-electron chi connectivity index (χ2n) is 3.04. The molecule has 1 aliphatic rings. The van der Waals surface area contributed by atoms with Crippen molar-refractivity contribution in [2.45, 2.75) is 39.0 Å². The molecule has 1 heteroatoms. The van der Waals surface area contributed by atoms with E-state index < -0.39 is 0 Å². The molecule has 0 atom stereocenters. The average molecular weight is 123 g/mol. The van der Waals surface area contributed by atoms with E-state index in [1.54, 1.807) is 0 Å². The third kappa shape index (κ3) is 1.08. The highest BCUT2D eigenvalue weighted by atomic mass is 14.4. The molecule has 0 amide bonds. The Morgan fingerprint density at radius 2 is 2.22 bits per heavy atom. The lowest BCUT2D eigenvalue weighted by atomic mass is 9.65. The van der Waals surface area contributed by atoms with Crippen LogP contribution in [0.5, 0.6) is 0 Å². The van der Waals surface area contributed by atoms with Crippen LogP contribution in [0.3, 0.4) is 0 Å². The molecule has 0 N–H and O–H groups in total. The van der Waals surface area contributed by atoms with E-state index in [1.807, 2.05) is 0 Å². The minimum atomic E-state index is 0.453. The minimum Gasteiger partial charge on any atom is -0.198 e. The Morgan fingerprint density at radius 1 is 1.56 bits per heavy atom. The van der Waals surface area contributed by atoms with Gasteiger partial charge in [-0.2, -0.15) is 5.26 Å². The highest BCUT2D eigenvalue weighted by Crippen LogP contribution is 2.46. The van der Waals surface area contributed by atoms with Crippen LogP contribution >= 0.6 is 0 Å². The third-order valence-electron chi connectivity index (χ3n) is 2.62. The summed E-state index contributed by atoms with van der Waals surface area (Å²) < 4.78 is 0. The molecule has 50 valence electrons. The van der Waals surface area contributed by atoms with Gasteiger partial charge in [0.2, 0.25) is 0 Å². The summed E-state index contributed by atoms with van der Waals surface area (Å²) in [6, 6.07) is 2.26. The Labute approximate surface area is 56.7 Å². The maximum absolute atomic E-state index is 8.45. The molecule has 0 bridgehead atoms. The standard InChI is InChI=1S/C8H13N/c1-2-8(6-7-9)4-3-5-8/h2-6H2,1H3. The topological polar surface area (TPSA) is 23.8 Å². The van der Waals surface area contributed by atoms with Crippen molar-refractivity contribution >= 4 is 0 Å². The lowest BCUT2D eigenvalue weighted by molar-refractivity contribution is 0.133. The first kappa shape index (κ1) is 6.61. The maximum atomic E-state index is 8.45. The molecule has 0 heterocycles. The van der Waals surface area contributed by atoms with Crippen LogP contribution in [0.15, 0.2) is 0 Å². The molecule has 0 aliphatic heterocycles. The molecule has 1 saturated carbocycles. The van der Waals surface area contributed by atoms with Crippen LogP contribution in [0, 0.1) is 16.7 Å². The van der Waals surface area contributed by atoms with Gasteiger partial charge in [0.15, 0.2) is 0 Å². The third-order valence-corrected chi connectivity index (χ3v) is 2.62. The van der Waals surface area contributed by atoms with E-state index in [2.05, 4.69) is 13.0 Å². The summed E-state index contributed by atoms with van der Waals surface area (Å²) in [6.45, 7) is 2.19. The van der Waals surface area contributed by atoms with Crippen molar-refractivity contribution in [1.29, 1.82) is 5.26 Å². The molecule has 1 fully saturated rings. The van der Waals surface area contributed by atoms with E-state index in [1.165, 1.54) is 25.7 Å². The van der Waals surface area contributed by atoms with Gasteiger partial charge < -0.3 is 0 Å². The average Bonchev–Trinajstić information content (AvgIpc) is 1.79. The predicted molar refractivity (Wildman–Crippen MR) is 36.8 cm³/mol. The Kier molecular flexibility index (Phi) is 1.75. The van der Waals surface area contributed by atoms with Gasteiger partial charge in [-0.25, -0.2) is 0 Å². The van der Waals surface area contributed by atoms with Crippen LogP contribution in [0.4, 0.5) is 0 Å². The van der Waals surface area contributed by atoms with Gasteiger partial charge >= 0.3 is 0 Å². The second-order valence-corrected chi connectivity index (χ2v) is 3.04. The van der Waals surface area contributed by atoms with E-state index >= 15 is 0 Å². The first-order valence-corrected chi connectivity index (χ1v) is 3.70. The Balaban J connectivity index is 2.39. The zero-order chi connectivity index (χ0) is 6.74. The van der Waals surface area contributed by atoms with Crippen molar-refractivity contribution < 1.29 is 0 Å². The zero-order valence-corrected chi connectivity index (χ0v) is 5.98. The number of nitriles is 1. The van der Waals surface area contributed by atoms with Gasteiger partial charge in [-0.05, 0) is 24.7 Å². The van der Waals surface area contributed by atoms with E-state index in [0.717, 1.165) is 6.42 Å². The fraction of sp³-hybridized carbons (Fsp3) is 0.875. The van der Waals surface area contributed by atoms with Crippen LogP contribution in [-0.2, 0) is 0 Å². The largest absolute Gasteiger partial charge is 0.198 e. The molecular weight excluding hydrogens is 110 g/mol. The fourth-order valence-corrected chi connectivity index (χ4v) is 1.50. The lowest BCUT2D eigenvalue weighted by Crippen LogP contribution is -2.27. The van der Waals surface area contributed by atoms with Crippen LogP contribution in [0.1, 0.15) is 39.0 Å². The van der Waals surface area contributed by atoms with Gasteiger partial charge in [0.25, 0.3) is 0 Å². The summed E-state index contributed by atoms with van der Waals surface area (Å²) in [7, 11) is 0. The molecule has 0 aromatic carbocycles. The molecule has 1 aliphatic carbocycles. The van der Waals surface area contributed by atoms with E-state index in [4.69, 9.17) is 5.26 Å². The van der Waals surface area contributed by atoms with Crippen molar-refractivity contribution in [1.82, 2.24) is 0 Å². The Bertz CT molecular complexity index is 122. The summed E-state index contributed by atoms with van der Waals surface area (Å²) in [5, 5.41) is 8.45. The Morgan fingerprint density at radius 3 is 2.33 bits per heavy atom. The Hall–Kier alpha value is -0.510. The van der Waals surface area contributed by atoms with E-state index in [9.17, 15) is 0 Å². The van der Waals surface area contributed by atoms with Crippen molar-refractivity contribution in [2.75, 3.05) is 0 Å². The monoisotopic (exact) mass is 123 g/mol. The number of hydrogen-bond donors (Lipinski definition) is 0. The van der Waals surface area contributed by atoms with Gasteiger partial charge in [0.05, 0.1) is 6.07 Å². The summed E-state index contributed by atoms with van der Waals surface area (Å²) in [5.74, 6) is 0. The summed E-state index contributed by atoms with van der Waals surface area (Å²) in [5.41, 5.74) is 0.453. The highest BCUT2D eigenvalue weighted by Gasteiger charge is 2.34. The molecule has 0 spiro atoms. The van der Waals surface area contributed by atoms with Crippen molar-refractivity contribution in [3.8, 4) is 6.07 Å². The molecule has 9 heavy (non-hydrogen) atoms. The SMILES string of the molecule is CCC1(CC#N)CCC1. The number of hydrogen-bond acceptors (Lipinski definition) is 1. The smallest absolute Gasteiger partial charge is 0.0627 e. The van der Waals surface area contributed by atoms with Crippen LogP contribution in [0.2, 0.25) is 0 Å². The van der Waals surface area contributed by atoms with Crippen molar-refractivity contribution in [3.63, 3.8) is 0 Å². The fourth-order valence-electron chi connectivity index (χ4n) is 1.50. The van der Waals surface area contributed by atoms with Crippen molar-refractivity contribution in [2.24, 2.45) is 5.41 Å². The summed E-state index contributed by atoms with van der Waals surface area (Å²) >= 11 is 0. The molecule has 1 rings (SSSR count). The second kappa shape index (κ2) is 2.39. The molecule has 0 radical (unpaired) electrons. The summed E-state index contributed by atoms with van der Waals surface area (Å²) in [6.07, 6.45) is 5.90. The van der Waals surface area contributed by atoms with Gasteiger partial charge in [0, 0.05) is 6.42 Å². The van der Waals surface area contributed by atoms with Crippen LogP contribution in [-0.4, -0.2) is 0 Å². The molecule has 0 aromatic heterocycles. The number of nitrogens with zero attached hydrogens (tertiary/aromatic N) is 1. The predicted octanol–water partition coefficient (Wildman–Crippen LogP) is 2.48.